The van der Waals surface area contributed by atoms with Crippen LogP contribution in [0.2, 0.25) is 0 Å². The number of allylic oxidation sites excluding steroid dienone is 6. The molecule has 1 fully saturated rings. The van der Waals surface area contributed by atoms with Gasteiger partial charge in [-0.05, 0) is 45.8 Å². The predicted molar refractivity (Wildman–Crippen MR) is 110 cm³/mol. The van der Waals surface area contributed by atoms with Crippen molar-refractivity contribution in [3.8, 4) is 0 Å². The quantitative estimate of drug-likeness (QED) is 0.232. The minimum atomic E-state index is -0.545. The van der Waals surface area contributed by atoms with Crippen LogP contribution in [0.4, 0.5) is 0 Å². The molecule has 7 nitrogen and oxygen atoms in total. The van der Waals surface area contributed by atoms with E-state index in [9.17, 15) is 9.59 Å². The maximum Gasteiger partial charge on any atom is 0.322 e. The van der Waals surface area contributed by atoms with E-state index < -0.39 is 23.8 Å². The lowest BCUT2D eigenvalue weighted by Crippen LogP contribution is -2.18. The number of ether oxygens (including phenoxy) is 1. The van der Waals surface area contributed by atoms with E-state index in [0.717, 1.165) is 11.1 Å². The highest BCUT2D eigenvalue weighted by molar-refractivity contribution is 5.99. The molecule has 160 valence electrons. The average molecular weight is 398 g/mol. The van der Waals surface area contributed by atoms with E-state index in [-0.39, 0.29) is 19.3 Å². The summed E-state index contributed by atoms with van der Waals surface area (Å²) in [4.78, 5) is 23.6. The Morgan fingerprint density at radius 1 is 1.07 bits per heavy atom. The van der Waals surface area contributed by atoms with Gasteiger partial charge in [0.25, 0.3) is 0 Å². The fraction of sp³-hybridized carbons (Fsp3) is 0.524. The van der Waals surface area contributed by atoms with Gasteiger partial charge in [-0.15, -0.1) is 0 Å². The van der Waals surface area contributed by atoms with Crippen molar-refractivity contribution in [1.29, 1.82) is 0 Å². The Morgan fingerprint density at radius 2 is 1.57 bits per heavy atom. The standard InChI is InChI=1S/C16H20O3.C3H9NO.C2H6O2/c1-5-8-11(4)12(9-6-2)14-13(10-7-3)15(17)19-16(14)18;1-3(5)2-4;3-1-2-4/h5-10,13-14H,1-4H3;3,5H,2,4H2,1H3;3-4H,1-2H2. The molecule has 1 aliphatic rings. The maximum atomic E-state index is 11.9. The summed E-state index contributed by atoms with van der Waals surface area (Å²) in [5.74, 6) is -2.01. The van der Waals surface area contributed by atoms with Crippen LogP contribution in [0.25, 0.3) is 0 Å². The Bertz CT molecular complexity index is 573. The first kappa shape index (κ1) is 28.2. The number of aliphatic hydroxyl groups excluding tert-OH is 3. The number of cyclic esters (lactones) is 2. The number of rotatable bonds is 6. The second kappa shape index (κ2) is 17.1. The van der Waals surface area contributed by atoms with Crippen molar-refractivity contribution in [3.63, 3.8) is 0 Å². The van der Waals surface area contributed by atoms with Crippen molar-refractivity contribution in [2.75, 3.05) is 19.8 Å². The van der Waals surface area contributed by atoms with E-state index >= 15 is 0 Å². The number of aliphatic hydroxyl groups is 3. The summed E-state index contributed by atoms with van der Waals surface area (Å²) >= 11 is 0. The van der Waals surface area contributed by atoms with Gasteiger partial charge in [-0.25, -0.2) is 0 Å². The molecule has 0 amide bonds. The fourth-order valence-corrected chi connectivity index (χ4v) is 2.24. The number of carbonyl (C=O) groups excluding carboxylic acids is 2. The molecule has 0 saturated carbocycles. The molecular formula is C21H35NO6. The Labute approximate surface area is 167 Å². The van der Waals surface area contributed by atoms with Gasteiger partial charge in [-0.2, -0.15) is 0 Å². The molecule has 1 saturated heterocycles. The zero-order valence-electron chi connectivity index (χ0n) is 17.5. The lowest BCUT2D eigenvalue weighted by atomic mass is 9.84. The van der Waals surface area contributed by atoms with Crippen molar-refractivity contribution in [2.24, 2.45) is 17.6 Å². The normalized spacial score (nSPS) is 21.2. The van der Waals surface area contributed by atoms with Crippen LogP contribution in [0.1, 0.15) is 34.6 Å². The highest BCUT2D eigenvalue weighted by Gasteiger charge is 2.44. The largest absolute Gasteiger partial charge is 0.394 e. The third-order valence-corrected chi connectivity index (χ3v) is 3.48. The topological polar surface area (TPSA) is 130 Å². The van der Waals surface area contributed by atoms with Crippen LogP contribution in [0.3, 0.4) is 0 Å². The third kappa shape index (κ3) is 10.9. The molecular weight excluding hydrogens is 362 g/mol. The van der Waals surface area contributed by atoms with Gasteiger partial charge in [-0.3, -0.25) is 9.59 Å². The van der Waals surface area contributed by atoms with E-state index in [1.807, 2.05) is 52.0 Å². The zero-order valence-corrected chi connectivity index (χ0v) is 17.5. The summed E-state index contributed by atoms with van der Waals surface area (Å²) in [6.45, 7) is 9.32. The van der Waals surface area contributed by atoms with Gasteiger partial charge < -0.3 is 25.8 Å². The Hall–Kier alpha value is -2.06. The van der Waals surface area contributed by atoms with E-state index in [2.05, 4.69) is 0 Å². The first-order valence-corrected chi connectivity index (χ1v) is 9.19. The molecule has 3 atom stereocenters. The van der Waals surface area contributed by atoms with Crippen molar-refractivity contribution >= 4 is 11.9 Å². The van der Waals surface area contributed by atoms with E-state index in [1.165, 1.54) is 0 Å². The van der Waals surface area contributed by atoms with Gasteiger partial charge >= 0.3 is 11.9 Å². The Balaban J connectivity index is 0. The van der Waals surface area contributed by atoms with Crippen molar-refractivity contribution in [2.45, 2.75) is 40.7 Å². The summed E-state index contributed by atoms with van der Waals surface area (Å²) in [5.41, 5.74) is 6.72. The molecule has 1 aliphatic heterocycles. The number of hydrogen-bond acceptors (Lipinski definition) is 7. The van der Waals surface area contributed by atoms with Crippen LogP contribution in [0.15, 0.2) is 47.6 Å². The van der Waals surface area contributed by atoms with E-state index in [1.54, 1.807) is 19.1 Å². The van der Waals surface area contributed by atoms with Crippen LogP contribution < -0.4 is 5.73 Å². The van der Waals surface area contributed by atoms with Crippen LogP contribution in [0.5, 0.6) is 0 Å². The second-order valence-corrected chi connectivity index (χ2v) is 5.94. The SMILES string of the molecule is CC(O)CN.CC=CC(C)=C(C=CC)C1C(=O)OC(=O)C1C=CC.OCCO. The molecule has 0 aliphatic carbocycles. The molecule has 7 heteroatoms. The van der Waals surface area contributed by atoms with Crippen molar-refractivity contribution in [3.05, 3.63) is 47.6 Å². The number of hydrogen-bond donors (Lipinski definition) is 4. The minimum absolute atomic E-state index is 0.125. The lowest BCUT2D eigenvalue weighted by Gasteiger charge is -2.14. The van der Waals surface area contributed by atoms with Crippen LogP contribution >= 0.6 is 0 Å². The van der Waals surface area contributed by atoms with Gasteiger partial charge in [0.2, 0.25) is 0 Å². The fourth-order valence-electron chi connectivity index (χ4n) is 2.24. The van der Waals surface area contributed by atoms with Gasteiger partial charge in [0.1, 0.15) is 0 Å². The first-order valence-electron chi connectivity index (χ1n) is 9.19. The average Bonchev–Trinajstić information content (AvgIpc) is 2.94. The molecule has 1 rings (SSSR count). The monoisotopic (exact) mass is 397 g/mol. The van der Waals surface area contributed by atoms with Gasteiger partial charge in [0.15, 0.2) is 0 Å². The minimum Gasteiger partial charge on any atom is -0.394 e. The molecule has 0 aromatic heterocycles. The molecule has 0 aromatic carbocycles. The molecule has 3 unspecified atom stereocenters. The van der Waals surface area contributed by atoms with Gasteiger partial charge in [-0.1, -0.05) is 36.5 Å². The van der Waals surface area contributed by atoms with Crippen LogP contribution in [-0.4, -0.2) is 53.1 Å². The number of nitrogens with two attached hydrogens (primary N) is 1. The van der Waals surface area contributed by atoms with Gasteiger partial charge in [0.05, 0.1) is 31.2 Å². The predicted octanol–water partition coefficient (Wildman–Crippen LogP) is 1.64. The van der Waals surface area contributed by atoms with Gasteiger partial charge in [0, 0.05) is 6.54 Å². The molecule has 0 aromatic rings. The molecule has 1 heterocycles. The van der Waals surface area contributed by atoms with E-state index in [0.29, 0.717) is 6.54 Å². The molecule has 0 spiro atoms. The van der Waals surface area contributed by atoms with E-state index in [4.69, 9.17) is 25.8 Å². The highest BCUT2D eigenvalue weighted by Crippen LogP contribution is 2.33. The summed E-state index contributed by atoms with van der Waals surface area (Å²) in [6, 6.07) is 0. The summed E-state index contributed by atoms with van der Waals surface area (Å²) in [6.07, 6.45) is 10.7. The van der Waals surface area contributed by atoms with Crippen LogP contribution in [0, 0.1) is 11.8 Å². The summed E-state index contributed by atoms with van der Waals surface area (Å²) < 4.78 is 4.77. The summed E-state index contributed by atoms with van der Waals surface area (Å²) in [5, 5.41) is 23.5. The third-order valence-electron chi connectivity index (χ3n) is 3.48. The second-order valence-electron chi connectivity index (χ2n) is 5.94. The van der Waals surface area contributed by atoms with Crippen LogP contribution in [-0.2, 0) is 14.3 Å². The molecule has 5 N–H and O–H groups in total. The summed E-state index contributed by atoms with van der Waals surface area (Å²) in [7, 11) is 0. The molecule has 28 heavy (non-hydrogen) atoms. The molecule has 0 radical (unpaired) electrons. The lowest BCUT2D eigenvalue weighted by molar-refractivity contribution is -0.153. The van der Waals surface area contributed by atoms with Crippen molar-refractivity contribution in [1.82, 2.24) is 0 Å². The number of carbonyl (C=O) groups is 2. The Morgan fingerprint density at radius 3 is 1.93 bits per heavy atom. The Kier molecular flexibility index (Phi) is 17.2. The first-order chi connectivity index (χ1) is 13.2. The maximum absolute atomic E-state index is 11.9. The highest BCUT2D eigenvalue weighted by atomic mass is 16.6. The zero-order chi connectivity index (χ0) is 22.1. The van der Waals surface area contributed by atoms with Crippen molar-refractivity contribution < 1.29 is 29.6 Å². The molecule has 0 bridgehead atoms. The smallest absolute Gasteiger partial charge is 0.322 e. The number of esters is 2.